The molecule has 126 valence electrons. The minimum absolute atomic E-state index is 0. The average Bonchev–Trinajstić information content (AvgIpc) is 3.16. The zero-order valence-electron chi connectivity index (χ0n) is 13.6. The molecule has 0 spiro atoms. The van der Waals surface area contributed by atoms with Gasteiger partial charge >= 0.3 is 0 Å². The summed E-state index contributed by atoms with van der Waals surface area (Å²) in [5.41, 5.74) is 10.9. The Balaban J connectivity index is 0.00000169. The number of halogens is 1. The number of hydrogen-bond donors (Lipinski definition) is 1. The lowest BCUT2D eigenvalue weighted by Gasteiger charge is -2.15. The van der Waals surface area contributed by atoms with Gasteiger partial charge < -0.3 is 10.3 Å². The minimum Gasteiger partial charge on any atom is -0.326 e. The Hall–Kier alpha value is -1.88. The minimum atomic E-state index is 0. The molecule has 4 nitrogen and oxygen atoms in total. The van der Waals surface area contributed by atoms with Crippen molar-refractivity contribution in [2.75, 3.05) is 13.1 Å². The Bertz CT molecular complexity index is 796. The Labute approximate surface area is 148 Å². The molecule has 2 aromatic carbocycles. The van der Waals surface area contributed by atoms with E-state index < -0.39 is 0 Å². The van der Waals surface area contributed by atoms with Gasteiger partial charge in [0.25, 0.3) is 0 Å². The van der Waals surface area contributed by atoms with Crippen molar-refractivity contribution in [3.8, 4) is 0 Å². The molecule has 0 aliphatic carbocycles. The number of benzene rings is 2. The number of likely N-dealkylation sites (tertiary alicyclic amines) is 1. The molecule has 24 heavy (non-hydrogen) atoms. The van der Waals surface area contributed by atoms with Crippen molar-refractivity contribution in [3.05, 3.63) is 66.0 Å². The summed E-state index contributed by atoms with van der Waals surface area (Å²) in [5.74, 6) is 0. The summed E-state index contributed by atoms with van der Waals surface area (Å²) in [5, 5.41) is 0. The van der Waals surface area contributed by atoms with Crippen LogP contribution in [0.3, 0.4) is 0 Å². The van der Waals surface area contributed by atoms with Crippen LogP contribution in [0.2, 0.25) is 0 Å². The van der Waals surface area contributed by atoms with Gasteiger partial charge in [0, 0.05) is 32.2 Å². The van der Waals surface area contributed by atoms with Crippen molar-refractivity contribution in [1.82, 2.24) is 14.5 Å². The van der Waals surface area contributed by atoms with Crippen LogP contribution in [0.25, 0.3) is 11.0 Å². The highest BCUT2D eigenvalue weighted by Gasteiger charge is 2.18. The number of rotatable bonds is 4. The fourth-order valence-corrected chi connectivity index (χ4v) is 3.35. The molecule has 0 radical (unpaired) electrons. The van der Waals surface area contributed by atoms with Gasteiger partial charge in [-0.05, 0) is 29.7 Å². The topological polar surface area (TPSA) is 47.1 Å². The van der Waals surface area contributed by atoms with Crippen LogP contribution in [0.15, 0.2) is 54.9 Å². The second-order valence-corrected chi connectivity index (χ2v) is 6.46. The van der Waals surface area contributed by atoms with Crippen LogP contribution in [-0.4, -0.2) is 33.6 Å². The summed E-state index contributed by atoms with van der Waals surface area (Å²) < 4.78 is 2.20. The molecule has 2 heterocycles. The highest BCUT2D eigenvalue weighted by Crippen LogP contribution is 2.16. The normalized spacial score (nSPS) is 18.0. The first kappa shape index (κ1) is 17.0. The van der Waals surface area contributed by atoms with Gasteiger partial charge in [-0.2, -0.15) is 0 Å². The molecule has 1 unspecified atom stereocenters. The lowest BCUT2D eigenvalue weighted by Crippen LogP contribution is -2.26. The van der Waals surface area contributed by atoms with Gasteiger partial charge in [0.15, 0.2) is 0 Å². The number of aromatic nitrogens is 2. The summed E-state index contributed by atoms with van der Waals surface area (Å²) in [7, 11) is 0. The van der Waals surface area contributed by atoms with Crippen molar-refractivity contribution < 1.29 is 0 Å². The van der Waals surface area contributed by atoms with E-state index in [2.05, 4.69) is 56.9 Å². The van der Waals surface area contributed by atoms with Gasteiger partial charge in [0.05, 0.1) is 17.4 Å². The average molecular weight is 343 g/mol. The Morgan fingerprint density at radius 3 is 2.42 bits per heavy atom. The second kappa shape index (κ2) is 7.34. The van der Waals surface area contributed by atoms with E-state index >= 15 is 0 Å². The van der Waals surface area contributed by atoms with Gasteiger partial charge in [-0.3, -0.25) is 4.90 Å². The molecule has 0 amide bonds. The van der Waals surface area contributed by atoms with E-state index in [-0.39, 0.29) is 12.4 Å². The molecule has 1 fully saturated rings. The monoisotopic (exact) mass is 342 g/mol. The maximum Gasteiger partial charge on any atom is 0.0961 e. The van der Waals surface area contributed by atoms with E-state index in [1.54, 1.807) is 0 Å². The van der Waals surface area contributed by atoms with Crippen LogP contribution < -0.4 is 5.73 Å². The number of fused-ring (bicyclic) bond motifs is 1. The maximum absolute atomic E-state index is 5.97. The Morgan fingerprint density at radius 1 is 1.00 bits per heavy atom. The fraction of sp³-hybridized carbons (Fsp3) is 0.316. The largest absolute Gasteiger partial charge is 0.326 e. The summed E-state index contributed by atoms with van der Waals surface area (Å²) in [6.45, 7) is 3.99. The second-order valence-electron chi connectivity index (χ2n) is 6.46. The first-order valence-electron chi connectivity index (χ1n) is 8.23. The predicted octanol–water partition coefficient (Wildman–Crippen LogP) is 3.04. The predicted molar refractivity (Wildman–Crippen MR) is 100 cm³/mol. The van der Waals surface area contributed by atoms with Gasteiger partial charge in [-0.1, -0.05) is 36.4 Å². The number of nitrogens with two attached hydrogens (primary N) is 1. The van der Waals surface area contributed by atoms with E-state index in [1.165, 1.54) is 16.6 Å². The lowest BCUT2D eigenvalue weighted by molar-refractivity contribution is 0.327. The van der Waals surface area contributed by atoms with Crippen LogP contribution in [-0.2, 0) is 13.1 Å². The summed E-state index contributed by atoms with van der Waals surface area (Å²) in [6.07, 6.45) is 3.04. The molecule has 1 aromatic heterocycles. The highest BCUT2D eigenvalue weighted by molar-refractivity contribution is 5.85. The summed E-state index contributed by atoms with van der Waals surface area (Å²) in [4.78, 5) is 6.89. The zero-order valence-corrected chi connectivity index (χ0v) is 14.5. The SMILES string of the molecule is Cl.NC1CCN(Cc2ccc(Cn3cnc4ccccc43)cc2)C1. The van der Waals surface area contributed by atoms with Gasteiger partial charge in [-0.25, -0.2) is 4.98 Å². The van der Waals surface area contributed by atoms with Crippen molar-refractivity contribution in [1.29, 1.82) is 0 Å². The van der Waals surface area contributed by atoms with Crippen LogP contribution in [0.5, 0.6) is 0 Å². The smallest absolute Gasteiger partial charge is 0.0961 e. The molecule has 1 atom stereocenters. The fourth-order valence-electron chi connectivity index (χ4n) is 3.35. The summed E-state index contributed by atoms with van der Waals surface area (Å²) >= 11 is 0. The number of imidazole rings is 1. The molecule has 1 aliphatic rings. The van der Waals surface area contributed by atoms with E-state index in [0.717, 1.165) is 38.1 Å². The third-order valence-corrected chi connectivity index (χ3v) is 4.62. The third kappa shape index (κ3) is 3.61. The maximum atomic E-state index is 5.97. The Kier molecular flexibility index (Phi) is 5.19. The zero-order chi connectivity index (χ0) is 15.6. The Morgan fingerprint density at radius 2 is 1.71 bits per heavy atom. The molecule has 3 aromatic rings. The number of hydrogen-bond acceptors (Lipinski definition) is 3. The summed E-state index contributed by atoms with van der Waals surface area (Å²) in [6, 6.07) is 17.5. The molecule has 0 saturated carbocycles. The molecule has 4 rings (SSSR count). The molecule has 1 aliphatic heterocycles. The number of para-hydroxylation sites is 2. The van der Waals surface area contributed by atoms with Gasteiger partial charge in [0.1, 0.15) is 0 Å². The molecule has 1 saturated heterocycles. The van der Waals surface area contributed by atoms with Crippen LogP contribution >= 0.6 is 12.4 Å². The van der Waals surface area contributed by atoms with Gasteiger partial charge in [-0.15, -0.1) is 12.4 Å². The van der Waals surface area contributed by atoms with Crippen LogP contribution in [0, 0.1) is 0 Å². The quantitative estimate of drug-likeness (QED) is 0.792. The van der Waals surface area contributed by atoms with Crippen LogP contribution in [0.1, 0.15) is 17.5 Å². The van der Waals surface area contributed by atoms with E-state index in [4.69, 9.17) is 5.73 Å². The molecule has 0 bridgehead atoms. The van der Waals surface area contributed by atoms with E-state index in [9.17, 15) is 0 Å². The molecular formula is C19H23ClN4. The third-order valence-electron chi connectivity index (χ3n) is 4.62. The number of nitrogens with zero attached hydrogens (tertiary/aromatic N) is 3. The van der Waals surface area contributed by atoms with Crippen molar-refractivity contribution >= 4 is 23.4 Å². The molecular weight excluding hydrogens is 320 g/mol. The van der Waals surface area contributed by atoms with Crippen molar-refractivity contribution in [2.24, 2.45) is 5.73 Å². The lowest BCUT2D eigenvalue weighted by atomic mass is 10.1. The van der Waals surface area contributed by atoms with Crippen molar-refractivity contribution in [3.63, 3.8) is 0 Å². The van der Waals surface area contributed by atoms with E-state index in [1.807, 2.05) is 12.4 Å². The highest BCUT2D eigenvalue weighted by atomic mass is 35.5. The van der Waals surface area contributed by atoms with Gasteiger partial charge in [0.2, 0.25) is 0 Å². The molecule has 5 heteroatoms. The van der Waals surface area contributed by atoms with E-state index in [0.29, 0.717) is 6.04 Å². The van der Waals surface area contributed by atoms with Crippen LogP contribution in [0.4, 0.5) is 0 Å². The van der Waals surface area contributed by atoms with Crippen molar-refractivity contribution in [2.45, 2.75) is 25.6 Å². The first-order chi connectivity index (χ1) is 11.3. The first-order valence-corrected chi connectivity index (χ1v) is 8.23. The molecule has 2 N–H and O–H groups in total. The standard InChI is InChI=1S/C19H22N4.ClH/c20-17-9-10-22(13-17)11-15-5-7-16(8-6-15)12-23-14-21-18-3-1-2-4-19(18)23;/h1-8,14,17H,9-13,20H2;1H.